The Morgan fingerprint density at radius 2 is 2.00 bits per heavy atom. The molecular weight excluding hydrogens is 552 g/mol. The maximum absolute atomic E-state index is 12.9. The van der Waals surface area contributed by atoms with Crippen molar-refractivity contribution in [3.05, 3.63) is 70.3 Å². The molecule has 1 amide bonds. The van der Waals surface area contributed by atoms with Gasteiger partial charge >= 0.3 is 5.97 Å². The van der Waals surface area contributed by atoms with Gasteiger partial charge in [-0.25, -0.2) is 4.79 Å². The van der Waals surface area contributed by atoms with Crippen LogP contribution in [0.3, 0.4) is 0 Å². The molecule has 42 heavy (non-hydrogen) atoms. The largest absolute Gasteiger partial charge is 0.491 e. The van der Waals surface area contributed by atoms with Gasteiger partial charge in [0.25, 0.3) is 0 Å². The van der Waals surface area contributed by atoms with Crippen LogP contribution in [-0.2, 0) is 27.2 Å². The van der Waals surface area contributed by atoms with Crippen LogP contribution >= 0.6 is 11.6 Å². The predicted octanol–water partition coefficient (Wildman–Crippen LogP) is 6.12. The van der Waals surface area contributed by atoms with E-state index in [4.69, 9.17) is 21.1 Å². The number of carbonyl (C=O) groups is 2. The minimum absolute atomic E-state index is 0.113. The molecule has 2 bridgehead atoms. The number of ether oxygens (including phenoxy) is 2. The van der Waals surface area contributed by atoms with Gasteiger partial charge in [0.2, 0.25) is 5.91 Å². The lowest BCUT2D eigenvalue weighted by Gasteiger charge is -2.44. The maximum atomic E-state index is 12.9. The van der Waals surface area contributed by atoms with Gasteiger partial charge in [-0.1, -0.05) is 49.2 Å². The molecule has 5 rings (SSSR count). The van der Waals surface area contributed by atoms with Gasteiger partial charge in [-0.2, -0.15) is 0 Å². The van der Waals surface area contributed by atoms with Gasteiger partial charge in [-0.3, -0.25) is 4.79 Å². The van der Waals surface area contributed by atoms with Crippen molar-refractivity contribution in [3.63, 3.8) is 0 Å². The number of fused-ring (bicyclic) bond motifs is 2. The highest BCUT2D eigenvalue weighted by molar-refractivity contribution is 6.30. The third-order valence-corrected chi connectivity index (χ3v) is 9.31. The van der Waals surface area contributed by atoms with Gasteiger partial charge in [0.05, 0.1) is 18.4 Å². The van der Waals surface area contributed by atoms with E-state index in [2.05, 4.69) is 42.2 Å². The van der Waals surface area contributed by atoms with E-state index in [1.807, 2.05) is 25.3 Å². The molecule has 0 aromatic heterocycles. The quantitative estimate of drug-likeness (QED) is 0.406. The van der Waals surface area contributed by atoms with Crippen LogP contribution in [0.25, 0.3) is 0 Å². The van der Waals surface area contributed by atoms with Crippen LogP contribution in [0.4, 0.5) is 5.69 Å². The second-order valence-corrected chi connectivity index (χ2v) is 12.4. The Balaban J connectivity index is 1.49. The normalized spacial score (nSPS) is 25.5. The molecule has 0 saturated heterocycles. The van der Waals surface area contributed by atoms with Crippen molar-refractivity contribution in [2.45, 2.75) is 63.9 Å². The lowest BCUT2D eigenvalue weighted by atomic mass is 9.70. The lowest BCUT2D eigenvalue weighted by molar-refractivity contribution is -0.145. The first-order valence-corrected chi connectivity index (χ1v) is 15.7. The van der Waals surface area contributed by atoms with Gasteiger partial charge in [0.1, 0.15) is 12.4 Å². The summed E-state index contributed by atoms with van der Waals surface area (Å²) in [5.74, 6) is 0.776. The number of carboxylic acids is 1. The summed E-state index contributed by atoms with van der Waals surface area (Å²) in [7, 11) is 1.84. The Labute approximate surface area is 254 Å². The van der Waals surface area contributed by atoms with Crippen LogP contribution in [-0.4, -0.2) is 67.9 Å². The van der Waals surface area contributed by atoms with Gasteiger partial charge in [-0.05, 0) is 84.9 Å². The number of nitrogens with zero attached hydrogens (tertiary/aromatic N) is 2. The smallest absolute Gasteiger partial charge is 0.329 e. The Hall–Kier alpha value is -3.03. The number of rotatable bonds is 6. The first-order chi connectivity index (χ1) is 20.3. The molecule has 1 saturated carbocycles. The van der Waals surface area contributed by atoms with E-state index < -0.39 is 5.97 Å². The Morgan fingerprint density at radius 3 is 2.76 bits per heavy atom. The van der Waals surface area contributed by atoms with Crippen molar-refractivity contribution in [2.24, 2.45) is 11.8 Å². The molecule has 0 spiro atoms. The number of carbonyl (C=O) groups excluding carboxylic acids is 1. The zero-order chi connectivity index (χ0) is 29.6. The number of halogens is 1. The molecule has 7 nitrogen and oxygen atoms in total. The summed E-state index contributed by atoms with van der Waals surface area (Å²) in [6.07, 6.45) is 9.70. The van der Waals surface area contributed by atoms with Crippen LogP contribution < -0.4 is 9.64 Å². The highest BCUT2D eigenvalue weighted by Gasteiger charge is 2.39. The fourth-order valence-corrected chi connectivity index (χ4v) is 6.80. The Morgan fingerprint density at radius 1 is 1.14 bits per heavy atom. The molecule has 3 aliphatic rings. The van der Waals surface area contributed by atoms with E-state index in [-0.39, 0.29) is 30.5 Å². The predicted molar refractivity (Wildman–Crippen MR) is 166 cm³/mol. The summed E-state index contributed by atoms with van der Waals surface area (Å²) in [5.41, 5.74) is 4.75. The van der Waals surface area contributed by atoms with E-state index >= 15 is 0 Å². The summed E-state index contributed by atoms with van der Waals surface area (Å²) in [5, 5.41) is 10.1. The van der Waals surface area contributed by atoms with Crippen LogP contribution in [0.15, 0.2) is 48.6 Å². The van der Waals surface area contributed by atoms with Crippen molar-refractivity contribution in [1.82, 2.24) is 4.90 Å². The molecule has 1 aliphatic carbocycles. The van der Waals surface area contributed by atoms with Gasteiger partial charge in [0, 0.05) is 44.0 Å². The number of hydrogen-bond donors (Lipinski definition) is 1. The lowest BCUT2D eigenvalue weighted by Crippen LogP contribution is -2.45. The summed E-state index contributed by atoms with van der Waals surface area (Å²) in [4.78, 5) is 28.5. The fraction of sp³-hybridized carbons (Fsp3) is 0.529. The van der Waals surface area contributed by atoms with Crippen LogP contribution in [0, 0.1) is 11.8 Å². The Kier molecular flexibility index (Phi) is 10.1. The summed E-state index contributed by atoms with van der Waals surface area (Å²) >= 11 is 6.41. The van der Waals surface area contributed by atoms with E-state index in [0.29, 0.717) is 38.3 Å². The number of hydrogen-bond acceptors (Lipinski definition) is 5. The Bertz CT molecular complexity index is 1300. The summed E-state index contributed by atoms with van der Waals surface area (Å²) < 4.78 is 12.4. The van der Waals surface area contributed by atoms with E-state index in [0.717, 1.165) is 60.8 Å². The zero-order valence-electron chi connectivity index (χ0n) is 24.8. The molecule has 1 N–H and O–H groups in total. The highest BCUT2D eigenvalue weighted by Crippen LogP contribution is 2.43. The fourth-order valence-electron chi connectivity index (χ4n) is 6.61. The van der Waals surface area contributed by atoms with Crippen LogP contribution in [0.2, 0.25) is 5.02 Å². The maximum Gasteiger partial charge on any atom is 0.329 e. The number of anilines is 1. The van der Waals surface area contributed by atoms with Crippen LogP contribution in [0.5, 0.6) is 5.75 Å². The van der Waals surface area contributed by atoms with Crippen molar-refractivity contribution in [1.29, 1.82) is 0 Å². The van der Waals surface area contributed by atoms with E-state index in [9.17, 15) is 14.7 Å². The number of benzene rings is 2. The first kappa shape index (κ1) is 30.4. The first-order valence-electron chi connectivity index (χ1n) is 15.4. The molecule has 4 unspecified atom stereocenters. The molecule has 226 valence electrons. The molecule has 2 aliphatic heterocycles. The second kappa shape index (κ2) is 14.0. The number of aliphatic carboxylic acids is 1. The zero-order valence-corrected chi connectivity index (χ0v) is 25.5. The molecule has 2 aromatic rings. The second-order valence-electron chi connectivity index (χ2n) is 12.0. The minimum Gasteiger partial charge on any atom is -0.491 e. The van der Waals surface area contributed by atoms with Crippen LogP contribution in [0.1, 0.15) is 61.6 Å². The SMILES string of the molecule is CCCc1cc(Cl)ccc1C1COc2ccc3cc2N(C1)CC1CCC1C(OCC(=O)O)/C=C/CCN(C)C(=O)CC3. The van der Waals surface area contributed by atoms with Crippen molar-refractivity contribution in [2.75, 3.05) is 44.8 Å². The molecule has 1 fully saturated rings. The van der Waals surface area contributed by atoms with E-state index in [1.165, 1.54) is 11.1 Å². The minimum atomic E-state index is -0.962. The monoisotopic (exact) mass is 594 g/mol. The van der Waals surface area contributed by atoms with Gasteiger partial charge in [-0.15, -0.1) is 0 Å². The van der Waals surface area contributed by atoms with E-state index in [1.54, 1.807) is 4.90 Å². The topological polar surface area (TPSA) is 79.3 Å². The van der Waals surface area contributed by atoms with Crippen molar-refractivity contribution in [3.8, 4) is 5.75 Å². The number of carboxylic acid groups (broad SMARTS) is 1. The van der Waals surface area contributed by atoms with Crippen molar-refractivity contribution < 1.29 is 24.2 Å². The van der Waals surface area contributed by atoms with Gasteiger partial charge < -0.3 is 24.4 Å². The number of amides is 1. The molecular formula is C34H43ClN2O5. The average Bonchev–Trinajstić information content (AvgIpc) is 3.13. The van der Waals surface area contributed by atoms with Gasteiger partial charge in [0.15, 0.2) is 0 Å². The standard InChI is InChI=1S/C34H43ClN2O5/c1-3-6-24-18-27(35)11-13-28(24)26-20-37-19-25-10-12-29(25)31(42-22-34(39)40)7-4-5-16-36(2)33(38)15-9-23-8-14-32(41-21-26)30(37)17-23/h4,7-8,11,13-14,17-18,25-26,29,31H,3,5-6,9-10,12,15-16,19-22H2,1-2H3,(H,39,40)/b7-4+. The summed E-state index contributed by atoms with van der Waals surface area (Å²) in [6.45, 7) is 4.70. The molecule has 2 heterocycles. The molecule has 2 aromatic carbocycles. The highest BCUT2D eigenvalue weighted by atomic mass is 35.5. The molecule has 4 atom stereocenters. The molecule has 8 heteroatoms. The summed E-state index contributed by atoms with van der Waals surface area (Å²) in [6, 6.07) is 12.6. The third kappa shape index (κ3) is 7.30. The number of aryl methyl sites for hydroxylation is 2. The average molecular weight is 595 g/mol. The third-order valence-electron chi connectivity index (χ3n) is 9.07. The molecule has 0 radical (unpaired) electrons. The van der Waals surface area contributed by atoms with Crippen molar-refractivity contribution >= 4 is 29.2 Å².